The average molecular weight is 440 g/mol. The highest BCUT2D eigenvalue weighted by Gasteiger charge is 2.35. The number of rotatable bonds is 4. The van der Waals surface area contributed by atoms with Crippen molar-refractivity contribution in [2.24, 2.45) is 0 Å². The van der Waals surface area contributed by atoms with Gasteiger partial charge in [0.1, 0.15) is 17.1 Å². The third kappa shape index (κ3) is 4.45. The van der Waals surface area contributed by atoms with E-state index in [9.17, 15) is 19.8 Å². The number of carboxylic acid groups (broad SMARTS) is 1. The van der Waals surface area contributed by atoms with E-state index in [-0.39, 0.29) is 39.7 Å². The number of aromatic carboxylic acids is 1. The van der Waals surface area contributed by atoms with E-state index >= 15 is 0 Å². The molecule has 3 rings (SSSR count). The molecule has 0 aromatic heterocycles. The van der Waals surface area contributed by atoms with Crippen LogP contribution in [0.4, 0.5) is 5.69 Å². The van der Waals surface area contributed by atoms with Crippen LogP contribution in [-0.2, 0) is 15.6 Å². The standard InChI is InChI=1S/C26H33NO5/c1-25(2,3)19-12-17(13-20(23(19)29)26(4,5)6)27-14-16(11-22(27)28)15-8-9-18(24(30)31)21(10-15)32-7/h8-10,12-13,16,29H,11,14H2,1-7H3,(H,30,31). The molecule has 1 heterocycles. The molecule has 2 aromatic carbocycles. The molecule has 1 aliphatic rings. The maximum Gasteiger partial charge on any atom is 0.339 e. The molecule has 1 unspecified atom stereocenters. The summed E-state index contributed by atoms with van der Waals surface area (Å²) in [4.78, 5) is 26.2. The molecule has 0 aliphatic carbocycles. The molecule has 2 N–H and O–H groups in total. The van der Waals surface area contributed by atoms with Crippen molar-refractivity contribution in [1.29, 1.82) is 0 Å². The normalized spacial score (nSPS) is 17.0. The van der Waals surface area contributed by atoms with Crippen LogP contribution in [0, 0.1) is 0 Å². The molecule has 0 radical (unpaired) electrons. The summed E-state index contributed by atoms with van der Waals surface area (Å²) in [5.41, 5.74) is 2.78. The van der Waals surface area contributed by atoms with Gasteiger partial charge in [-0.3, -0.25) is 4.79 Å². The van der Waals surface area contributed by atoms with Gasteiger partial charge in [0.05, 0.1) is 7.11 Å². The lowest BCUT2D eigenvalue weighted by atomic mass is 9.79. The number of nitrogens with zero attached hydrogens (tertiary/aromatic N) is 1. The van der Waals surface area contributed by atoms with Crippen LogP contribution in [0.3, 0.4) is 0 Å². The van der Waals surface area contributed by atoms with E-state index in [4.69, 9.17) is 4.74 Å². The largest absolute Gasteiger partial charge is 0.507 e. The molecule has 0 bridgehead atoms. The Bertz CT molecular complexity index is 1020. The quantitative estimate of drug-likeness (QED) is 0.682. The van der Waals surface area contributed by atoms with Gasteiger partial charge in [0.25, 0.3) is 0 Å². The smallest absolute Gasteiger partial charge is 0.339 e. The maximum atomic E-state index is 13.0. The predicted molar refractivity (Wildman–Crippen MR) is 125 cm³/mol. The lowest BCUT2D eigenvalue weighted by Gasteiger charge is -2.30. The van der Waals surface area contributed by atoms with E-state index in [1.807, 2.05) is 53.7 Å². The number of carbonyl (C=O) groups is 2. The van der Waals surface area contributed by atoms with Gasteiger partial charge in [0, 0.05) is 35.7 Å². The summed E-state index contributed by atoms with van der Waals surface area (Å²) in [5, 5.41) is 20.3. The van der Waals surface area contributed by atoms with Crippen molar-refractivity contribution < 1.29 is 24.5 Å². The predicted octanol–water partition coefficient (Wildman–Crippen LogP) is 5.21. The van der Waals surface area contributed by atoms with Gasteiger partial charge in [0.2, 0.25) is 5.91 Å². The van der Waals surface area contributed by atoms with Crippen molar-refractivity contribution in [1.82, 2.24) is 0 Å². The van der Waals surface area contributed by atoms with Crippen LogP contribution in [0.15, 0.2) is 30.3 Å². The number of amides is 1. The topological polar surface area (TPSA) is 87.1 Å². The minimum Gasteiger partial charge on any atom is -0.507 e. The van der Waals surface area contributed by atoms with E-state index in [0.717, 1.165) is 22.4 Å². The molecule has 32 heavy (non-hydrogen) atoms. The maximum absolute atomic E-state index is 13.0. The Balaban J connectivity index is 2.02. The summed E-state index contributed by atoms with van der Waals surface area (Å²) < 4.78 is 5.26. The number of ether oxygens (including phenoxy) is 1. The second kappa shape index (κ2) is 8.15. The average Bonchev–Trinajstić information content (AvgIpc) is 3.07. The first kappa shape index (κ1) is 23.6. The Labute approximate surface area is 189 Å². The molecule has 1 aliphatic heterocycles. The third-order valence-electron chi connectivity index (χ3n) is 6.07. The van der Waals surface area contributed by atoms with E-state index in [1.54, 1.807) is 17.0 Å². The Morgan fingerprint density at radius 1 is 1.03 bits per heavy atom. The number of benzene rings is 2. The Morgan fingerprint density at radius 2 is 1.59 bits per heavy atom. The highest BCUT2D eigenvalue weighted by atomic mass is 16.5. The van der Waals surface area contributed by atoms with Crippen molar-refractivity contribution in [3.63, 3.8) is 0 Å². The molecule has 2 aromatic rings. The number of phenols is 1. The fraction of sp³-hybridized carbons (Fsp3) is 0.462. The zero-order valence-corrected chi connectivity index (χ0v) is 19.9. The van der Waals surface area contributed by atoms with Gasteiger partial charge in [-0.2, -0.15) is 0 Å². The van der Waals surface area contributed by atoms with Gasteiger partial charge in [-0.15, -0.1) is 0 Å². The molecule has 6 nitrogen and oxygen atoms in total. The summed E-state index contributed by atoms with van der Waals surface area (Å²) in [6.07, 6.45) is 0.326. The molecule has 0 spiro atoms. The number of anilines is 1. The van der Waals surface area contributed by atoms with Gasteiger partial charge < -0.3 is 19.8 Å². The molecule has 1 saturated heterocycles. The number of carboxylic acids is 1. The lowest BCUT2D eigenvalue weighted by molar-refractivity contribution is -0.117. The van der Waals surface area contributed by atoms with Crippen molar-refractivity contribution in [2.45, 2.75) is 64.7 Å². The third-order valence-corrected chi connectivity index (χ3v) is 6.07. The molecule has 1 atom stereocenters. The summed E-state index contributed by atoms with van der Waals surface area (Å²) >= 11 is 0. The monoisotopic (exact) mass is 439 g/mol. The van der Waals surface area contributed by atoms with Gasteiger partial charge >= 0.3 is 5.97 Å². The molecular weight excluding hydrogens is 406 g/mol. The van der Waals surface area contributed by atoms with Crippen LogP contribution >= 0.6 is 0 Å². The van der Waals surface area contributed by atoms with E-state index in [1.165, 1.54) is 13.2 Å². The van der Waals surface area contributed by atoms with Crippen LogP contribution in [0.1, 0.15) is 80.9 Å². The molecule has 6 heteroatoms. The van der Waals surface area contributed by atoms with Crippen LogP contribution in [0.25, 0.3) is 0 Å². The first-order chi connectivity index (χ1) is 14.7. The Hall–Kier alpha value is -3.02. The highest BCUT2D eigenvalue weighted by Crippen LogP contribution is 2.43. The van der Waals surface area contributed by atoms with Crippen molar-refractivity contribution in [3.05, 3.63) is 52.6 Å². The number of aromatic hydroxyl groups is 1. The lowest BCUT2D eigenvalue weighted by Crippen LogP contribution is -2.26. The van der Waals surface area contributed by atoms with Crippen LogP contribution < -0.4 is 9.64 Å². The molecule has 172 valence electrons. The summed E-state index contributed by atoms with van der Waals surface area (Å²) in [7, 11) is 1.44. The summed E-state index contributed by atoms with van der Waals surface area (Å²) in [5.74, 6) is -0.557. The Morgan fingerprint density at radius 3 is 2.06 bits per heavy atom. The fourth-order valence-corrected chi connectivity index (χ4v) is 4.24. The number of phenolic OH excluding ortho intramolecular Hbond substituents is 1. The van der Waals surface area contributed by atoms with E-state index in [2.05, 4.69) is 0 Å². The van der Waals surface area contributed by atoms with E-state index < -0.39 is 5.97 Å². The minimum atomic E-state index is -1.05. The minimum absolute atomic E-state index is 0.00156. The summed E-state index contributed by atoms with van der Waals surface area (Å²) in [6, 6.07) is 8.83. The first-order valence-corrected chi connectivity index (χ1v) is 10.8. The Kier molecular flexibility index (Phi) is 6.02. The van der Waals surface area contributed by atoms with Crippen molar-refractivity contribution in [2.75, 3.05) is 18.6 Å². The van der Waals surface area contributed by atoms with Crippen LogP contribution in [-0.4, -0.2) is 35.7 Å². The van der Waals surface area contributed by atoms with Crippen molar-refractivity contribution >= 4 is 17.6 Å². The van der Waals surface area contributed by atoms with Gasteiger partial charge in [-0.05, 0) is 40.7 Å². The zero-order valence-electron chi connectivity index (χ0n) is 19.9. The fourth-order valence-electron chi connectivity index (χ4n) is 4.24. The zero-order chi connectivity index (χ0) is 24.0. The van der Waals surface area contributed by atoms with E-state index in [0.29, 0.717) is 13.0 Å². The van der Waals surface area contributed by atoms with Gasteiger partial charge in [0.15, 0.2) is 0 Å². The van der Waals surface area contributed by atoms with Gasteiger partial charge in [-0.25, -0.2) is 4.79 Å². The van der Waals surface area contributed by atoms with Crippen molar-refractivity contribution in [3.8, 4) is 11.5 Å². The molecule has 1 fully saturated rings. The number of carbonyl (C=O) groups excluding carboxylic acids is 1. The number of hydrogen-bond donors (Lipinski definition) is 2. The molecule has 0 saturated carbocycles. The second-order valence-corrected chi connectivity index (χ2v) is 10.6. The molecule has 1 amide bonds. The van der Waals surface area contributed by atoms with Gasteiger partial charge in [-0.1, -0.05) is 47.6 Å². The first-order valence-electron chi connectivity index (χ1n) is 10.8. The number of methoxy groups -OCH3 is 1. The second-order valence-electron chi connectivity index (χ2n) is 10.6. The SMILES string of the molecule is COc1cc(C2CC(=O)N(c3cc(C(C)(C)C)c(O)c(C(C)(C)C)c3)C2)ccc1C(=O)O. The molecular formula is C26H33NO5. The number of hydrogen-bond acceptors (Lipinski definition) is 4. The highest BCUT2D eigenvalue weighted by molar-refractivity contribution is 5.97. The van der Waals surface area contributed by atoms with Crippen LogP contribution in [0.5, 0.6) is 11.5 Å². The van der Waals surface area contributed by atoms with Crippen LogP contribution in [0.2, 0.25) is 0 Å². The summed E-state index contributed by atoms with van der Waals surface area (Å²) in [6.45, 7) is 12.7.